The standard InChI is InChI=1S/C35H48F2N10O4S.CH5N/c1-23(17-30-42-32(22-44(30)4)52(50)46-14-9-26(10-15-46)41-20-27(19-39-2)51-34(36)37)21-45-12-7-24(8-13-45)25-5-6-28(29(18-25)40-3)33(38)47-16-11-31(48)43-35(47)49;1-2/h5-6,18-20,22-24,26,34,38,40H,2,7-17,21H2,1,3-4H3,(H,43,48,49);2H2,1H3/b27-19+,38-33?,41-20?;. The molecule has 0 aliphatic carbocycles. The number of ether oxygens (including phenoxy) is 1. The molecule has 4 heterocycles. The van der Waals surface area contributed by atoms with Gasteiger partial charge in [0.2, 0.25) is 5.91 Å². The molecular weight excluding hydrogens is 721 g/mol. The molecule has 3 aliphatic heterocycles. The molecule has 2 aromatic rings. The number of hydrogen-bond donors (Lipinski definition) is 4. The Hall–Kier alpha value is -4.39. The molecule has 0 radical (unpaired) electrons. The lowest BCUT2D eigenvalue weighted by molar-refractivity contribution is -0.121. The number of piperidine rings is 2. The molecule has 0 saturated carbocycles. The van der Waals surface area contributed by atoms with Crippen molar-refractivity contribution in [3.8, 4) is 0 Å². The number of imide groups is 1. The van der Waals surface area contributed by atoms with Crippen molar-refractivity contribution in [2.24, 2.45) is 28.7 Å². The number of halogens is 2. The molecule has 2 unspecified atom stereocenters. The van der Waals surface area contributed by atoms with Crippen LogP contribution in [0.4, 0.5) is 19.3 Å². The second-order valence-corrected chi connectivity index (χ2v) is 14.9. The predicted octanol–water partition coefficient (Wildman–Crippen LogP) is 3.70. The number of alkyl halides is 2. The number of urea groups is 1. The van der Waals surface area contributed by atoms with E-state index in [9.17, 15) is 22.6 Å². The van der Waals surface area contributed by atoms with Gasteiger partial charge < -0.3 is 25.3 Å². The van der Waals surface area contributed by atoms with Gasteiger partial charge in [-0.1, -0.05) is 13.0 Å². The summed E-state index contributed by atoms with van der Waals surface area (Å²) in [6, 6.07) is 5.34. The van der Waals surface area contributed by atoms with Gasteiger partial charge in [0.15, 0.2) is 10.8 Å². The quantitative estimate of drug-likeness (QED) is 0.127. The van der Waals surface area contributed by atoms with Gasteiger partial charge in [-0.25, -0.2) is 18.3 Å². The second-order valence-electron chi connectivity index (χ2n) is 13.4. The molecule has 15 nitrogen and oxygen atoms in total. The first-order valence-corrected chi connectivity index (χ1v) is 19.2. The van der Waals surface area contributed by atoms with E-state index >= 15 is 0 Å². The van der Waals surface area contributed by atoms with Crippen molar-refractivity contribution in [3.05, 3.63) is 53.3 Å². The van der Waals surface area contributed by atoms with Crippen LogP contribution in [0.1, 0.15) is 61.9 Å². The fourth-order valence-corrected chi connectivity index (χ4v) is 8.16. The molecule has 3 fully saturated rings. The van der Waals surface area contributed by atoms with Crippen LogP contribution in [0.15, 0.2) is 51.4 Å². The summed E-state index contributed by atoms with van der Waals surface area (Å²) >= 11 is 0. The molecule has 1 aromatic carbocycles. The zero-order valence-corrected chi connectivity index (χ0v) is 32.3. The third kappa shape index (κ3) is 11.3. The maximum Gasteiger partial charge on any atom is 0.387 e. The number of aliphatic imine (C=N–C) groups is 2. The molecule has 3 amide bonds. The summed E-state index contributed by atoms with van der Waals surface area (Å²) in [7, 11) is 3.82. The van der Waals surface area contributed by atoms with Gasteiger partial charge in [0.05, 0.1) is 18.5 Å². The molecule has 296 valence electrons. The maximum absolute atomic E-state index is 13.4. The molecule has 18 heteroatoms. The molecule has 3 saturated heterocycles. The number of aryl methyl sites for hydroxylation is 1. The van der Waals surface area contributed by atoms with Gasteiger partial charge in [-0.3, -0.25) is 30.4 Å². The van der Waals surface area contributed by atoms with E-state index in [4.69, 9.17) is 10.4 Å². The Morgan fingerprint density at radius 1 is 1.19 bits per heavy atom. The first kappa shape index (κ1) is 42.4. The number of nitrogens with two attached hydrogens (primary N) is 1. The number of aromatic nitrogens is 2. The van der Waals surface area contributed by atoms with Crippen molar-refractivity contribution >= 4 is 47.4 Å². The molecule has 5 rings (SSSR count). The van der Waals surface area contributed by atoms with E-state index in [0.29, 0.717) is 48.4 Å². The first-order chi connectivity index (χ1) is 25.9. The summed E-state index contributed by atoms with van der Waals surface area (Å²) < 4.78 is 46.8. The lowest BCUT2D eigenvalue weighted by atomic mass is 9.88. The van der Waals surface area contributed by atoms with Crippen molar-refractivity contribution < 1.29 is 27.3 Å². The van der Waals surface area contributed by atoms with E-state index in [1.807, 2.05) is 34.2 Å². The number of rotatable bonds is 14. The molecule has 0 spiro atoms. The summed E-state index contributed by atoms with van der Waals surface area (Å²) in [4.78, 5) is 40.2. The number of imidazole rings is 1. The summed E-state index contributed by atoms with van der Waals surface area (Å²) in [6.07, 6.45) is 8.34. The number of carbonyl (C=O) groups excluding carboxylic acids is 2. The van der Waals surface area contributed by atoms with Crippen molar-refractivity contribution in [1.29, 1.82) is 5.41 Å². The Labute approximate surface area is 318 Å². The molecule has 54 heavy (non-hydrogen) atoms. The first-order valence-electron chi connectivity index (χ1n) is 18.1. The molecule has 3 aliphatic rings. The van der Waals surface area contributed by atoms with Crippen LogP contribution in [0, 0.1) is 11.3 Å². The smallest absolute Gasteiger partial charge is 0.387 e. The van der Waals surface area contributed by atoms with E-state index in [1.54, 1.807) is 7.05 Å². The normalized spacial score (nSPS) is 19.3. The number of benzene rings is 1. The minimum atomic E-state index is -2.98. The minimum absolute atomic E-state index is 0.0653. The Morgan fingerprint density at radius 2 is 1.89 bits per heavy atom. The van der Waals surface area contributed by atoms with Crippen LogP contribution >= 0.6 is 0 Å². The molecule has 5 N–H and O–H groups in total. The fourth-order valence-electron chi connectivity index (χ4n) is 6.92. The highest BCUT2D eigenvalue weighted by Crippen LogP contribution is 2.32. The summed E-state index contributed by atoms with van der Waals surface area (Å²) in [5, 5.41) is 14.6. The van der Waals surface area contributed by atoms with Crippen LogP contribution in [-0.4, -0.2) is 125 Å². The lowest BCUT2D eigenvalue weighted by Crippen LogP contribution is -2.52. The van der Waals surface area contributed by atoms with Crippen LogP contribution in [0.2, 0.25) is 0 Å². The Balaban J connectivity index is 0.00000319. The van der Waals surface area contributed by atoms with Crippen LogP contribution in [0.5, 0.6) is 0 Å². The molecule has 2 atom stereocenters. The van der Waals surface area contributed by atoms with E-state index in [1.165, 1.54) is 23.7 Å². The summed E-state index contributed by atoms with van der Waals surface area (Å²) in [5.74, 6) is 1.18. The average Bonchev–Trinajstić information content (AvgIpc) is 3.53. The van der Waals surface area contributed by atoms with Crippen molar-refractivity contribution in [2.45, 2.75) is 69.0 Å². The number of nitrogens with one attached hydrogen (secondary N) is 3. The van der Waals surface area contributed by atoms with Gasteiger partial charge in [-0.2, -0.15) is 8.78 Å². The van der Waals surface area contributed by atoms with Crippen LogP contribution in [0.3, 0.4) is 0 Å². The van der Waals surface area contributed by atoms with Crippen LogP contribution < -0.4 is 16.4 Å². The zero-order valence-electron chi connectivity index (χ0n) is 31.5. The van der Waals surface area contributed by atoms with Crippen molar-refractivity contribution in [1.82, 2.24) is 29.0 Å². The lowest BCUT2D eigenvalue weighted by Gasteiger charge is -2.34. The average molecular weight is 774 g/mol. The van der Waals surface area contributed by atoms with Gasteiger partial charge >= 0.3 is 12.6 Å². The van der Waals surface area contributed by atoms with Gasteiger partial charge in [-0.05, 0) is 82.1 Å². The summed E-state index contributed by atoms with van der Waals surface area (Å²) in [6.45, 7) is 6.59. The van der Waals surface area contributed by atoms with E-state index < -0.39 is 23.6 Å². The van der Waals surface area contributed by atoms with Gasteiger partial charge in [0.25, 0.3) is 0 Å². The highest BCUT2D eigenvalue weighted by atomic mass is 32.2. The predicted molar refractivity (Wildman–Crippen MR) is 206 cm³/mol. The fraction of sp³-hybridized carbons (Fsp3) is 0.556. The van der Waals surface area contributed by atoms with E-state index in [0.717, 1.165) is 56.6 Å². The minimum Gasteiger partial charge on any atom is -0.432 e. The third-order valence-electron chi connectivity index (χ3n) is 9.70. The topological polar surface area (TPSA) is 187 Å². The second kappa shape index (κ2) is 20.3. The largest absolute Gasteiger partial charge is 0.432 e. The zero-order chi connectivity index (χ0) is 39.4. The number of carbonyl (C=O) groups is 2. The third-order valence-corrected chi connectivity index (χ3v) is 11.1. The van der Waals surface area contributed by atoms with Gasteiger partial charge in [0, 0.05) is 70.6 Å². The molecule has 1 aromatic heterocycles. The Bertz CT molecular complexity index is 1700. The summed E-state index contributed by atoms with van der Waals surface area (Å²) in [5.41, 5.74) is 7.09. The maximum atomic E-state index is 13.4. The highest BCUT2D eigenvalue weighted by Gasteiger charge is 2.30. The van der Waals surface area contributed by atoms with E-state index in [-0.39, 0.29) is 36.5 Å². The van der Waals surface area contributed by atoms with Crippen LogP contribution in [0.25, 0.3) is 0 Å². The Morgan fingerprint density at radius 3 is 2.52 bits per heavy atom. The van der Waals surface area contributed by atoms with Crippen LogP contribution in [-0.2, 0) is 34.0 Å². The number of likely N-dealkylation sites (tertiary alicyclic amines) is 1. The number of hydrogen-bond acceptors (Lipinski definition) is 11. The number of allylic oxidation sites excluding steroid dienone is 1. The van der Waals surface area contributed by atoms with E-state index in [2.05, 4.69) is 55.7 Å². The number of nitrogens with zero attached hydrogens (tertiary/aromatic N) is 7. The van der Waals surface area contributed by atoms with Crippen molar-refractivity contribution in [3.63, 3.8) is 0 Å². The monoisotopic (exact) mass is 773 g/mol. The molecule has 0 bridgehead atoms. The van der Waals surface area contributed by atoms with Crippen molar-refractivity contribution in [2.75, 3.05) is 58.7 Å². The number of amides is 3. The molecular formula is C36H53F2N11O4S. The van der Waals surface area contributed by atoms with Gasteiger partial charge in [0.1, 0.15) is 22.6 Å². The van der Waals surface area contributed by atoms with Gasteiger partial charge in [-0.15, -0.1) is 0 Å². The number of anilines is 1. The highest BCUT2D eigenvalue weighted by molar-refractivity contribution is 7.82. The Kier molecular flexibility index (Phi) is 15.9. The SMILES string of the molecule is C=N/C=C(\C=NC1CCN(S(=O)c2cn(C)c(CC(C)CN3CCC(c4ccc(C(=N)N5CCC(=O)NC5=O)c(NC)c4)CC3)n2)CC1)OC(F)F.CN. The number of amidine groups is 1.